The number of nitrogens with zero attached hydrogens (tertiary/aromatic N) is 11. The van der Waals surface area contributed by atoms with Crippen molar-refractivity contribution in [2.75, 3.05) is 0 Å². The van der Waals surface area contributed by atoms with Gasteiger partial charge < -0.3 is 9.13 Å². The molecule has 0 aliphatic carbocycles. The lowest BCUT2D eigenvalue weighted by atomic mass is 9.93. The molecule has 0 saturated heterocycles. The number of nitriles is 6. The van der Waals surface area contributed by atoms with E-state index >= 15 is 0 Å². The highest BCUT2D eigenvalue weighted by molar-refractivity contribution is 6.14. The Balaban J connectivity index is 1.15. The lowest BCUT2D eigenvalue weighted by Crippen LogP contribution is -2.11. The summed E-state index contributed by atoms with van der Waals surface area (Å²) in [5, 5.41) is 63.9. The summed E-state index contributed by atoms with van der Waals surface area (Å²) in [6.45, 7) is 23.4. The van der Waals surface area contributed by atoms with Gasteiger partial charge in [0, 0.05) is 38.2 Å². The normalized spacial score (nSPS) is 11.2. The van der Waals surface area contributed by atoms with Crippen molar-refractivity contribution in [3.05, 3.63) is 279 Å². The van der Waals surface area contributed by atoms with E-state index in [2.05, 4.69) is 51.0 Å². The summed E-state index contributed by atoms with van der Waals surface area (Å²) in [5.74, 6) is 0. The lowest BCUT2D eigenvalue weighted by molar-refractivity contribution is -0.143. The highest BCUT2D eigenvalue weighted by Gasteiger charge is 2.37. The molecule has 0 saturated carbocycles. The van der Waals surface area contributed by atoms with Gasteiger partial charge >= 0.3 is 12.4 Å². The maximum absolute atomic E-state index is 14.8. The van der Waals surface area contributed by atoms with E-state index in [1.807, 2.05) is 45.5 Å². The van der Waals surface area contributed by atoms with Crippen molar-refractivity contribution in [3.8, 4) is 115 Å². The van der Waals surface area contributed by atoms with Gasteiger partial charge in [0.1, 0.15) is 0 Å². The molecule has 13 aromatic rings. The number of aromatic nitrogens is 2. The minimum absolute atomic E-state index is 0.0524. The Kier molecular flexibility index (Phi) is 14.4. The lowest BCUT2D eigenvalue weighted by Gasteiger charge is -2.21. The molecule has 11 nitrogen and oxygen atoms in total. The van der Waals surface area contributed by atoms with Crippen LogP contribution < -0.4 is 0 Å². The number of alkyl halides is 6. The second-order valence-corrected chi connectivity index (χ2v) is 21.8. The van der Waals surface area contributed by atoms with Crippen molar-refractivity contribution in [2.45, 2.75) is 12.4 Å². The van der Waals surface area contributed by atoms with Crippen molar-refractivity contribution >= 4 is 60.7 Å². The quantitative estimate of drug-likeness (QED) is 0.108. The Morgan fingerprint density at radius 1 is 0.298 bits per heavy atom. The summed E-state index contributed by atoms with van der Waals surface area (Å²) in [5.41, 5.74) is 5.96. The van der Waals surface area contributed by atoms with Crippen LogP contribution in [0.3, 0.4) is 0 Å². The maximum Gasteiger partial charge on any atom is 0.416 e. The van der Waals surface area contributed by atoms with Gasteiger partial charge in [0.2, 0.25) is 0 Å². The molecule has 94 heavy (non-hydrogen) atoms. The number of benzene rings is 11. The topological polar surface area (TPSA) is 166 Å². The molecule has 0 aliphatic heterocycles. The Morgan fingerprint density at radius 2 is 0.660 bits per heavy atom. The van der Waals surface area contributed by atoms with Gasteiger partial charge in [-0.3, -0.25) is 0 Å². The van der Waals surface area contributed by atoms with E-state index < -0.39 is 29.0 Å². The Labute approximate surface area is 531 Å². The summed E-state index contributed by atoms with van der Waals surface area (Å²) in [6, 6.07) is 64.4. The third-order valence-corrected chi connectivity index (χ3v) is 16.6. The van der Waals surface area contributed by atoms with Crippen molar-refractivity contribution in [1.29, 1.82) is 31.6 Å². The predicted octanol–water partition coefficient (Wildman–Crippen LogP) is 20.8. The zero-order valence-electron chi connectivity index (χ0n) is 48.2. The van der Waals surface area contributed by atoms with E-state index in [4.69, 9.17) is 19.7 Å². The largest absolute Gasteiger partial charge is 0.416 e. The SMILES string of the molecule is [C-]#[N+]c1ccc(-c2ccc3c(c2)c2cc(-c4ccc([N+]#[C-])cc4[N+]#[C-])ccc2n3-c2ccc(-c3cc(C(F)(F)F)cc(C(F)(F)F)c3)cc2-c2cc(C#N)ccc2-n2c3ccc(-c4ccc(C#N)cc4C#N)cc3c3cc(-c4ccc(C#N)cc4C#N)ccc32)c(C#N)c1. The number of rotatable bonds is 8. The fourth-order valence-electron chi connectivity index (χ4n) is 12.3. The molecule has 0 unspecified atom stereocenters. The fraction of sp³-hybridized carbons (Fsp3) is 0.0260. The van der Waals surface area contributed by atoms with Gasteiger partial charge in [-0.15, -0.1) is 0 Å². The predicted molar refractivity (Wildman–Crippen MR) is 345 cm³/mol. The zero-order chi connectivity index (χ0) is 65.9. The summed E-state index contributed by atoms with van der Waals surface area (Å²) < 4.78 is 92.5. The van der Waals surface area contributed by atoms with Gasteiger partial charge in [0.25, 0.3) is 0 Å². The van der Waals surface area contributed by atoms with Crippen LogP contribution in [-0.2, 0) is 12.4 Å². The summed E-state index contributed by atoms with van der Waals surface area (Å²) in [6.07, 6.45) is -10.4. The van der Waals surface area contributed by atoms with Crippen molar-refractivity contribution in [1.82, 2.24) is 9.13 Å². The first-order valence-electron chi connectivity index (χ1n) is 28.3. The highest BCUT2D eigenvalue weighted by atomic mass is 19.4. The average molecular weight is 1230 g/mol. The summed E-state index contributed by atoms with van der Waals surface area (Å²) in [7, 11) is 0. The summed E-state index contributed by atoms with van der Waals surface area (Å²) in [4.78, 5) is 10.8. The van der Waals surface area contributed by atoms with E-state index in [0.29, 0.717) is 112 Å². The molecule has 11 aromatic carbocycles. The number of hydrogen-bond acceptors (Lipinski definition) is 6. The third-order valence-electron chi connectivity index (χ3n) is 16.6. The molecule has 0 bridgehead atoms. The molecule has 13 rings (SSSR count). The van der Waals surface area contributed by atoms with Crippen LogP contribution in [0.2, 0.25) is 0 Å². The molecule has 17 heteroatoms. The molecule has 0 spiro atoms. The minimum atomic E-state index is -5.21. The summed E-state index contributed by atoms with van der Waals surface area (Å²) >= 11 is 0. The van der Waals surface area contributed by atoms with Gasteiger partial charge in [-0.2, -0.15) is 57.9 Å². The van der Waals surface area contributed by atoms with E-state index in [9.17, 15) is 57.9 Å². The van der Waals surface area contributed by atoms with Crippen LogP contribution in [0.4, 0.5) is 43.4 Å². The first-order chi connectivity index (χ1) is 45.4. The zero-order valence-corrected chi connectivity index (χ0v) is 48.2. The van der Waals surface area contributed by atoms with E-state index in [1.165, 1.54) is 36.4 Å². The molecular weight excluding hydrogens is 1190 g/mol. The van der Waals surface area contributed by atoms with Crippen molar-refractivity contribution < 1.29 is 26.3 Å². The standard InChI is InChI=1S/C77H33F6N11/c1-90-57-12-16-61(54(29-57)42-89)49-10-22-74-67(33-49)68-34-50(62-17-13-58(91-2)36-69(62)92-3)11-23-75(68)94(74)71-19-7-46(51-27-55(76(78,79)80)35-56(28-51)77(81,82)83)30-64(71)63-26-45(39-86)6-18-70(63)93-72-20-8-47(59-14-4-43(37-84)24-52(59)40-87)31-65(72)66-32-48(9-21-73(66)93)60-15-5-44(38-85)25-53(60)41-88/h4-36H. The van der Waals surface area contributed by atoms with E-state index in [-0.39, 0.29) is 73.2 Å². The number of hydrogen-bond donors (Lipinski definition) is 0. The Morgan fingerprint density at radius 3 is 1.07 bits per heavy atom. The maximum atomic E-state index is 14.8. The van der Waals surface area contributed by atoms with Gasteiger partial charge in [-0.05, 0) is 183 Å². The monoisotopic (exact) mass is 1230 g/mol. The fourth-order valence-corrected chi connectivity index (χ4v) is 12.3. The second kappa shape index (κ2) is 22.9. The molecule has 0 aliphatic rings. The van der Waals surface area contributed by atoms with Crippen LogP contribution in [0.5, 0.6) is 0 Å². The van der Waals surface area contributed by atoms with E-state index in [1.54, 1.807) is 109 Å². The Bertz CT molecular complexity index is 5620. The molecule has 0 N–H and O–H groups in total. The van der Waals surface area contributed by atoms with Crippen LogP contribution in [0.1, 0.15) is 44.5 Å². The van der Waals surface area contributed by atoms with Gasteiger partial charge in [0.05, 0.1) is 129 Å². The molecule has 0 radical (unpaired) electrons. The Hall–Kier alpha value is -14.0. The van der Waals surface area contributed by atoms with Crippen LogP contribution >= 0.6 is 0 Å². The molecule has 0 fully saturated rings. The molecule has 0 atom stereocenters. The molecule has 2 heterocycles. The highest BCUT2D eigenvalue weighted by Crippen LogP contribution is 2.48. The van der Waals surface area contributed by atoms with Crippen LogP contribution in [-0.4, -0.2) is 9.13 Å². The first kappa shape index (κ1) is 59.0. The number of fused-ring (bicyclic) bond motifs is 6. The van der Waals surface area contributed by atoms with Crippen LogP contribution in [0.15, 0.2) is 200 Å². The molecule has 438 valence electrons. The van der Waals surface area contributed by atoms with Crippen LogP contribution in [0.25, 0.3) is 136 Å². The van der Waals surface area contributed by atoms with Crippen molar-refractivity contribution in [2.24, 2.45) is 0 Å². The first-order valence-corrected chi connectivity index (χ1v) is 28.3. The molecule has 0 amide bonds. The number of halogens is 6. The van der Waals surface area contributed by atoms with E-state index in [0.717, 1.165) is 0 Å². The van der Waals surface area contributed by atoms with Gasteiger partial charge in [0.15, 0.2) is 17.1 Å². The third kappa shape index (κ3) is 10.1. The van der Waals surface area contributed by atoms with Gasteiger partial charge in [-0.1, -0.05) is 72.8 Å². The smallest absolute Gasteiger partial charge is 0.309 e. The molecular formula is C77H33F6N11. The minimum Gasteiger partial charge on any atom is -0.309 e. The average Bonchev–Trinajstić information content (AvgIpc) is 1.56. The van der Waals surface area contributed by atoms with Crippen LogP contribution in [0, 0.1) is 87.7 Å². The molecule has 2 aromatic heterocycles. The van der Waals surface area contributed by atoms with Gasteiger partial charge in [-0.25, -0.2) is 14.5 Å². The second-order valence-electron chi connectivity index (χ2n) is 21.8. The van der Waals surface area contributed by atoms with Crippen molar-refractivity contribution in [3.63, 3.8) is 0 Å².